The Morgan fingerprint density at radius 3 is 2.63 bits per heavy atom. The summed E-state index contributed by atoms with van der Waals surface area (Å²) >= 11 is 1.33. The number of anilines is 3. The van der Waals surface area contributed by atoms with Crippen LogP contribution in [0.5, 0.6) is 0 Å². The van der Waals surface area contributed by atoms with E-state index in [4.69, 9.17) is 0 Å². The van der Waals surface area contributed by atoms with E-state index in [0.29, 0.717) is 22.2 Å². The van der Waals surface area contributed by atoms with Gasteiger partial charge in [-0.05, 0) is 37.3 Å². The molecule has 0 bridgehead atoms. The third kappa shape index (κ3) is 3.82. The molecule has 3 aromatic heterocycles. The van der Waals surface area contributed by atoms with Crippen LogP contribution in [0.15, 0.2) is 60.6 Å². The predicted molar refractivity (Wildman–Crippen MR) is 104 cm³/mol. The van der Waals surface area contributed by atoms with Crippen LogP contribution >= 0.6 is 11.3 Å². The number of nitrogens with zero attached hydrogens (tertiary/aromatic N) is 5. The fraction of sp³-hybridized carbons (Fsp3) is 0.0556. The van der Waals surface area contributed by atoms with E-state index < -0.39 is 0 Å². The van der Waals surface area contributed by atoms with Crippen LogP contribution in [-0.2, 0) is 0 Å². The van der Waals surface area contributed by atoms with Gasteiger partial charge >= 0.3 is 0 Å². The van der Waals surface area contributed by atoms with Crippen molar-refractivity contribution in [3.05, 3.63) is 71.2 Å². The molecule has 0 aliphatic heterocycles. The third-order valence-electron chi connectivity index (χ3n) is 3.76. The summed E-state index contributed by atoms with van der Waals surface area (Å²) in [5.74, 6) is 1.16. The molecule has 4 aromatic rings. The predicted octanol–water partition coefficient (Wildman–Crippen LogP) is 3.42. The van der Waals surface area contributed by atoms with Crippen LogP contribution in [0.3, 0.4) is 0 Å². The minimum absolute atomic E-state index is 0.157. The number of hydrogen-bond acceptors (Lipinski definition) is 7. The fourth-order valence-electron chi connectivity index (χ4n) is 2.44. The molecular formula is C18H15N7OS. The van der Waals surface area contributed by atoms with Crippen LogP contribution in [-0.4, -0.2) is 30.6 Å². The maximum absolute atomic E-state index is 12.2. The number of nitrogens with one attached hydrogen (secondary N) is 2. The van der Waals surface area contributed by atoms with Gasteiger partial charge in [0.15, 0.2) is 5.82 Å². The summed E-state index contributed by atoms with van der Waals surface area (Å²) in [4.78, 5) is 25.4. The van der Waals surface area contributed by atoms with Crippen LogP contribution in [0.4, 0.5) is 17.2 Å². The third-order valence-corrected chi connectivity index (χ3v) is 4.69. The van der Waals surface area contributed by atoms with Gasteiger partial charge in [-0.3, -0.25) is 4.79 Å². The van der Waals surface area contributed by atoms with E-state index in [2.05, 4.69) is 30.7 Å². The average Bonchev–Trinajstić information content (AvgIpc) is 3.35. The summed E-state index contributed by atoms with van der Waals surface area (Å²) in [6, 6.07) is 11.0. The van der Waals surface area contributed by atoms with Crippen molar-refractivity contribution < 1.29 is 4.79 Å². The smallest absolute Gasteiger partial charge is 0.267 e. The molecule has 0 saturated heterocycles. The number of thiazole rings is 1. The monoisotopic (exact) mass is 377 g/mol. The lowest BCUT2D eigenvalue weighted by Gasteiger charge is -2.09. The lowest BCUT2D eigenvalue weighted by molar-refractivity contribution is 0.103. The summed E-state index contributed by atoms with van der Waals surface area (Å²) in [6.45, 7) is 1.82. The van der Waals surface area contributed by atoms with Gasteiger partial charge in [0.1, 0.15) is 17.0 Å². The Hall–Kier alpha value is -3.59. The number of benzene rings is 1. The van der Waals surface area contributed by atoms with Crippen LogP contribution in [0.2, 0.25) is 0 Å². The van der Waals surface area contributed by atoms with Gasteiger partial charge in [-0.1, -0.05) is 0 Å². The molecule has 3 heterocycles. The normalized spacial score (nSPS) is 10.6. The Morgan fingerprint density at radius 1 is 1.11 bits per heavy atom. The zero-order valence-corrected chi connectivity index (χ0v) is 15.1. The van der Waals surface area contributed by atoms with Gasteiger partial charge in [-0.2, -0.15) is 5.10 Å². The minimum atomic E-state index is -0.157. The summed E-state index contributed by atoms with van der Waals surface area (Å²) in [6.07, 6.45) is 4.98. The molecule has 4 rings (SSSR count). The second kappa shape index (κ2) is 7.34. The molecule has 2 N–H and O–H groups in total. The summed E-state index contributed by atoms with van der Waals surface area (Å²) in [5, 5.41) is 10.2. The summed E-state index contributed by atoms with van der Waals surface area (Å²) in [5.41, 5.74) is 3.94. The lowest BCUT2D eigenvalue weighted by atomic mass is 10.2. The molecule has 1 aromatic carbocycles. The van der Waals surface area contributed by atoms with Gasteiger partial charge in [0.2, 0.25) is 0 Å². The van der Waals surface area contributed by atoms with Gasteiger partial charge in [-0.15, -0.1) is 11.3 Å². The number of rotatable bonds is 5. The fourth-order valence-corrected chi connectivity index (χ4v) is 3.14. The van der Waals surface area contributed by atoms with E-state index in [1.54, 1.807) is 22.5 Å². The zero-order valence-electron chi connectivity index (χ0n) is 14.3. The zero-order chi connectivity index (χ0) is 18.6. The summed E-state index contributed by atoms with van der Waals surface area (Å²) < 4.78 is 1.66. The van der Waals surface area contributed by atoms with Crippen molar-refractivity contribution >= 4 is 34.4 Å². The molecule has 0 radical (unpaired) electrons. The molecule has 9 heteroatoms. The Bertz CT molecular complexity index is 1060. The second-order valence-corrected chi connectivity index (χ2v) is 6.49. The van der Waals surface area contributed by atoms with Gasteiger partial charge < -0.3 is 10.6 Å². The van der Waals surface area contributed by atoms with Crippen molar-refractivity contribution in [2.45, 2.75) is 6.92 Å². The van der Waals surface area contributed by atoms with E-state index in [1.165, 1.54) is 17.7 Å². The Labute approximate surface area is 159 Å². The number of carbonyl (C=O) groups excluding carboxylic acids is 1. The van der Waals surface area contributed by atoms with Crippen molar-refractivity contribution in [2.24, 2.45) is 0 Å². The first-order valence-corrected chi connectivity index (χ1v) is 8.97. The topological polar surface area (TPSA) is 97.6 Å². The first-order valence-electron chi connectivity index (χ1n) is 8.09. The van der Waals surface area contributed by atoms with E-state index in [1.807, 2.05) is 43.5 Å². The highest BCUT2D eigenvalue weighted by Gasteiger charge is 2.11. The van der Waals surface area contributed by atoms with Crippen molar-refractivity contribution in [3.63, 3.8) is 0 Å². The molecule has 0 atom stereocenters. The molecule has 0 unspecified atom stereocenters. The number of carbonyl (C=O) groups is 1. The van der Waals surface area contributed by atoms with Crippen LogP contribution in [0.1, 0.15) is 15.4 Å². The highest BCUT2D eigenvalue weighted by molar-refractivity contribution is 7.12. The number of amides is 1. The van der Waals surface area contributed by atoms with Crippen LogP contribution in [0, 0.1) is 6.92 Å². The second-order valence-electron chi connectivity index (χ2n) is 5.64. The molecule has 1 amide bonds. The number of hydrogen-bond donors (Lipinski definition) is 2. The van der Waals surface area contributed by atoms with Crippen molar-refractivity contribution in [1.82, 2.24) is 24.7 Å². The highest BCUT2D eigenvalue weighted by atomic mass is 32.1. The largest absolute Gasteiger partial charge is 0.340 e. The van der Waals surface area contributed by atoms with E-state index in [9.17, 15) is 4.79 Å². The Balaban J connectivity index is 1.45. The quantitative estimate of drug-likeness (QED) is 0.553. The molecule has 0 aliphatic carbocycles. The van der Waals surface area contributed by atoms with Gasteiger partial charge in [0.05, 0.1) is 11.2 Å². The summed E-state index contributed by atoms with van der Waals surface area (Å²) in [7, 11) is 0. The average molecular weight is 377 g/mol. The molecule has 27 heavy (non-hydrogen) atoms. The van der Waals surface area contributed by atoms with Crippen molar-refractivity contribution in [3.8, 4) is 5.82 Å². The van der Waals surface area contributed by atoms with Gasteiger partial charge in [-0.25, -0.2) is 19.6 Å². The Morgan fingerprint density at radius 2 is 1.93 bits per heavy atom. The SMILES string of the molecule is Cc1ncsc1C(=O)Nc1ccc(Nc2cc(-n3cccn3)ncn2)cc1. The molecule has 0 saturated carbocycles. The maximum Gasteiger partial charge on any atom is 0.267 e. The van der Waals surface area contributed by atoms with Crippen LogP contribution in [0.25, 0.3) is 5.82 Å². The molecular weight excluding hydrogens is 362 g/mol. The highest BCUT2D eigenvalue weighted by Crippen LogP contribution is 2.20. The standard InChI is InChI=1S/C18H15N7OS/c1-12-17(27-11-21-12)18(26)24-14-5-3-13(4-6-14)23-15-9-16(20-10-19-15)25-8-2-7-22-25/h2-11H,1H3,(H,24,26)(H,19,20,23). The molecule has 8 nitrogen and oxygen atoms in total. The van der Waals surface area contributed by atoms with Crippen molar-refractivity contribution in [2.75, 3.05) is 10.6 Å². The van der Waals surface area contributed by atoms with Crippen molar-refractivity contribution in [1.29, 1.82) is 0 Å². The maximum atomic E-state index is 12.2. The van der Waals surface area contributed by atoms with E-state index >= 15 is 0 Å². The lowest BCUT2D eigenvalue weighted by Crippen LogP contribution is -2.11. The molecule has 0 spiro atoms. The number of aryl methyl sites for hydroxylation is 1. The molecule has 134 valence electrons. The van der Waals surface area contributed by atoms with E-state index in [0.717, 1.165) is 11.4 Å². The molecule has 0 aliphatic rings. The van der Waals surface area contributed by atoms with E-state index in [-0.39, 0.29) is 5.91 Å². The Kier molecular flexibility index (Phi) is 4.58. The molecule has 0 fully saturated rings. The van der Waals surface area contributed by atoms with Gasteiger partial charge in [0, 0.05) is 29.8 Å². The van der Waals surface area contributed by atoms with Crippen LogP contribution < -0.4 is 10.6 Å². The number of aromatic nitrogens is 5. The minimum Gasteiger partial charge on any atom is -0.340 e. The first kappa shape index (κ1) is 16.9. The van der Waals surface area contributed by atoms with Gasteiger partial charge in [0.25, 0.3) is 5.91 Å². The first-order chi connectivity index (χ1) is 13.2.